The minimum absolute atomic E-state index is 0.349. The van der Waals surface area contributed by atoms with Gasteiger partial charge in [-0.25, -0.2) is 0 Å². The van der Waals surface area contributed by atoms with Crippen LogP contribution in [0.15, 0.2) is 12.2 Å². The maximum atomic E-state index is 12.5. The van der Waals surface area contributed by atoms with Crippen LogP contribution >= 0.6 is 7.60 Å². The van der Waals surface area contributed by atoms with Gasteiger partial charge in [0.15, 0.2) is 5.78 Å². The second-order valence-electron chi connectivity index (χ2n) is 9.34. The SMILES string of the molecule is CCCCCCC=CCCCCCCCCCCOP(=O)(O)C(CC)[N+](C)(C)C. The molecule has 0 aromatic heterocycles. The number of hydrogen-bond acceptors (Lipinski definition) is 2. The molecule has 29 heavy (non-hydrogen) atoms. The van der Waals surface area contributed by atoms with Crippen molar-refractivity contribution in [3.63, 3.8) is 0 Å². The van der Waals surface area contributed by atoms with Gasteiger partial charge in [-0.1, -0.05) is 83.8 Å². The summed E-state index contributed by atoms with van der Waals surface area (Å²) in [6, 6.07) is 0. The highest BCUT2D eigenvalue weighted by Crippen LogP contribution is 2.51. The van der Waals surface area contributed by atoms with E-state index < -0.39 is 7.60 Å². The number of nitrogens with zero attached hydrogens (tertiary/aromatic N) is 1. The van der Waals surface area contributed by atoms with Crippen LogP contribution in [-0.2, 0) is 9.09 Å². The first-order valence-electron chi connectivity index (χ1n) is 12.2. The summed E-state index contributed by atoms with van der Waals surface area (Å²) in [7, 11) is 2.30. The van der Waals surface area contributed by atoms with E-state index in [-0.39, 0.29) is 5.78 Å². The number of hydrogen-bond donors (Lipinski definition) is 1. The van der Waals surface area contributed by atoms with E-state index in [2.05, 4.69) is 19.1 Å². The fraction of sp³-hybridized carbons (Fsp3) is 0.917. The highest BCUT2D eigenvalue weighted by molar-refractivity contribution is 7.53. The monoisotopic (exact) mass is 432 g/mol. The van der Waals surface area contributed by atoms with E-state index in [0.717, 1.165) is 12.8 Å². The third kappa shape index (κ3) is 16.2. The molecule has 1 N–H and O–H groups in total. The van der Waals surface area contributed by atoms with Crippen molar-refractivity contribution in [3.05, 3.63) is 12.2 Å². The summed E-state index contributed by atoms with van der Waals surface area (Å²) in [4.78, 5) is 10.2. The Balaban J connectivity index is 3.52. The molecule has 0 aliphatic carbocycles. The van der Waals surface area contributed by atoms with E-state index in [1.165, 1.54) is 77.0 Å². The first kappa shape index (κ1) is 28.9. The second kappa shape index (κ2) is 17.5. The van der Waals surface area contributed by atoms with Crippen molar-refractivity contribution in [3.8, 4) is 0 Å². The second-order valence-corrected chi connectivity index (χ2v) is 11.3. The molecule has 0 saturated heterocycles. The Hall–Kier alpha value is -0.150. The molecule has 0 spiro atoms. The molecule has 0 saturated carbocycles. The van der Waals surface area contributed by atoms with Gasteiger partial charge in [0.05, 0.1) is 27.7 Å². The molecule has 0 rings (SSSR count). The molecule has 0 aliphatic heterocycles. The zero-order chi connectivity index (χ0) is 22.0. The average molecular weight is 433 g/mol. The number of allylic oxidation sites excluding steroid dienone is 2. The fourth-order valence-corrected chi connectivity index (χ4v) is 5.75. The Morgan fingerprint density at radius 2 is 1.24 bits per heavy atom. The van der Waals surface area contributed by atoms with E-state index in [9.17, 15) is 9.46 Å². The van der Waals surface area contributed by atoms with Crippen LogP contribution in [0.5, 0.6) is 0 Å². The predicted molar refractivity (Wildman–Crippen MR) is 127 cm³/mol. The van der Waals surface area contributed by atoms with Crippen molar-refractivity contribution >= 4 is 7.60 Å². The summed E-state index contributed by atoms with van der Waals surface area (Å²) < 4.78 is 18.3. The Bertz CT molecular complexity index is 446. The molecular formula is C24H51NO3P+. The van der Waals surface area contributed by atoms with E-state index >= 15 is 0 Å². The van der Waals surface area contributed by atoms with E-state index in [4.69, 9.17) is 4.52 Å². The maximum absolute atomic E-state index is 12.5. The molecule has 5 heteroatoms. The van der Waals surface area contributed by atoms with Gasteiger partial charge in [0, 0.05) is 6.42 Å². The number of rotatable bonds is 20. The summed E-state index contributed by atoms with van der Waals surface area (Å²) >= 11 is 0. The molecule has 174 valence electrons. The normalized spacial score (nSPS) is 15.7. The van der Waals surface area contributed by atoms with Gasteiger partial charge in [0.1, 0.15) is 0 Å². The van der Waals surface area contributed by atoms with Crippen molar-refractivity contribution < 1.29 is 18.5 Å². The molecule has 4 nitrogen and oxygen atoms in total. The van der Waals surface area contributed by atoms with Gasteiger partial charge < -0.3 is 13.9 Å². The Kier molecular flexibility index (Phi) is 17.4. The van der Waals surface area contributed by atoms with Crippen molar-refractivity contribution in [1.82, 2.24) is 0 Å². The lowest BCUT2D eigenvalue weighted by atomic mass is 10.1. The van der Waals surface area contributed by atoms with Crippen LogP contribution in [0.1, 0.15) is 110 Å². The zero-order valence-corrected chi connectivity index (χ0v) is 21.1. The summed E-state index contributed by atoms with van der Waals surface area (Å²) in [6.45, 7) is 4.61. The van der Waals surface area contributed by atoms with Crippen LogP contribution in [0, 0.1) is 0 Å². The summed E-state index contributed by atoms with van der Waals surface area (Å²) in [5, 5.41) is 0. The smallest absolute Gasteiger partial charge is 0.320 e. The van der Waals surface area contributed by atoms with Crippen LogP contribution in [0.3, 0.4) is 0 Å². The summed E-state index contributed by atoms with van der Waals surface area (Å²) in [5.74, 6) is -0.349. The molecule has 0 aliphatic rings. The van der Waals surface area contributed by atoms with Crippen LogP contribution in [0.4, 0.5) is 0 Å². The molecule has 2 unspecified atom stereocenters. The largest absolute Gasteiger partial charge is 0.385 e. The Morgan fingerprint density at radius 1 is 0.793 bits per heavy atom. The zero-order valence-electron chi connectivity index (χ0n) is 20.2. The summed E-state index contributed by atoms with van der Waals surface area (Å²) in [6.07, 6.45) is 23.0. The van der Waals surface area contributed by atoms with Gasteiger partial charge in [-0.2, -0.15) is 0 Å². The molecule has 0 heterocycles. The van der Waals surface area contributed by atoms with Crippen molar-refractivity contribution in [2.75, 3.05) is 27.7 Å². The Morgan fingerprint density at radius 3 is 1.69 bits per heavy atom. The van der Waals surface area contributed by atoms with Crippen LogP contribution in [-0.4, -0.2) is 42.9 Å². The van der Waals surface area contributed by atoms with Crippen LogP contribution in [0.25, 0.3) is 0 Å². The molecule has 2 atom stereocenters. The van der Waals surface area contributed by atoms with Crippen molar-refractivity contribution in [2.24, 2.45) is 0 Å². The third-order valence-corrected chi connectivity index (χ3v) is 7.93. The van der Waals surface area contributed by atoms with Gasteiger partial charge in [0.25, 0.3) is 0 Å². The van der Waals surface area contributed by atoms with Gasteiger partial charge in [-0.15, -0.1) is 0 Å². The first-order valence-corrected chi connectivity index (χ1v) is 13.8. The number of unbranched alkanes of at least 4 members (excludes halogenated alkanes) is 12. The topological polar surface area (TPSA) is 46.5 Å². The number of quaternary nitrogens is 1. The predicted octanol–water partition coefficient (Wildman–Crippen LogP) is 7.67. The molecular weight excluding hydrogens is 381 g/mol. The standard InChI is InChI=1S/C24H50NO3P/c1-6-8-9-10-11-12-13-14-15-16-17-18-19-20-21-22-23-28-29(26,27)24(7-2)25(3,4)5/h12-13,24H,6-11,14-23H2,1-5H3/p+1. The molecule has 0 aromatic carbocycles. The lowest BCUT2D eigenvalue weighted by Crippen LogP contribution is -2.44. The molecule has 0 aromatic rings. The third-order valence-electron chi connectivity index (χ3n) is 5.57. The Labute approximate surface area is 182 Å². The van der Waals surface area contributed by atoms with Crippen LogP contribution in [0.2, 0.25) is 0 Å². The molecule has 0 fully saturated rings. The quantitative estimate of drug-likeness (QED) is 0.0929. The van der Waals surface area contributed by atoms with Gasteiger partial charge in [-0.05, 0) is 32.1 Å². The van der Waals surface area contributed by atoms with Gasteiger partial charge in [0.2, 0.25) is 0 Å². The maximum Gasteiger partial charge on any atom is 0.385 e. The van der Waals surface area contributed by atoms with E-state index in [0.29, 0.717) is 17.5 Å². The van der Waals surface area contributed by atoms with Crippen molar-refractivity contribution in [1.29, 1.82) is 0 Å². The van der Waals surface area contributed by atoms with E-state index in [1.807, 2.05) is 28.1 Å². The van der Waals surface area contributed by atoms with Gasteiger partial charge in [-0.3, -0.25) is 4.57 Å². The lowest BCUT2D eigenvalue weighted by Gasteiger charge is -2.35. The van der Waals surface area contributed by atoms with Gasteiger partial charge >= 0.3 is 7.60 Å². The molecule has 0 bridgehead atoms. The van der Waals surface area contributed by atoms with Crippen molar-refractivity contribution in [2.45, 2.75) is 116 Å². The van der Waals surface area contributed by atoms with E-state index in [1.54, 1.807) is 0 Å². The minimum Gasteiger partial charge on any atom is -0.320 e. The summed E-state index contributed by atoms with van der Waals surface area (Å²) in [5.41, 5.74) is 0. The highest BCUT2D eigenvalue weighted by atomic mass is 31.2. The minimum atomic E-state index is -3.55. The highest BCUT2D eigenvalue weighted by Gasteiger charge is 2.41. The lowest BCUT2D eigenvalue weighted by molar-refractivity contribution is -0.883. The fourth-order valence-electron chi connectivity index (χ4n) is 3.85. The average Bonchev–Trinajstić information content (AvgIpc) is 2.63. The van der Waals surface area contributed by atoms with Crippen LogP contribution < -0.4 is 0 Å². The molecule has 0 amide bonds. The molecule has 0 radical (unpaired) electrons. The first-order chi connectivity index (χ1) is 13.8.